The van der Waals surface area contributed by atoms with Gasteiger partial charge in [0.1, 0.15) is 17.2 Å². The molecule has 242 valence electrons. The maximum Gasteiger partial charge on any atom is 0.343 e. The zero-order valence-electron chi connectivity index (χ0n) is 25.9. The Bertz CT molecular complexity index is 1760. The molecule has 0 bridgehead atoms. The van der Waals surface area contributed by atoms with Crippen molar-refractivity contribution in [3.8, 4) is 28.7 Å². The Morgan fingerprint density at radius 1 is 0.574 bits per heavy atom. The monoisotopic (exact) mass is 638 g/mol. The van der Waals surface area contributed by atoms with E-state index in [9.17, 15) is 19.2 Å². The van der Waals surface area contributed by atoms with E-state index in [1.54, 1.807) is 60.7 Å². The quantitative estimate of drug-likeness (QED) is 0.0546. The predicted octanol–water partition coefficient (Wildman–Crippen LogP) is 7.05. The van der Waals surface area contributed by atoms with E-state index in [2.05, 4.69) is 13.2 Å². The summed E-state index contributed by atoms with van der Waals surface area (Å²) in [6, 6.07) is 21.0. The second kappa shape index (κ2) is 17.0. The second-order valence-electron chi connectivity index (χ2n) is 10.1. The molecule has 0 N–H and O–H groups in total. The molecule has 47 heavy (non-hydrogen) atoms. The molecule has 0 spiro atoms. The largest absolute Gasteiger partial charge is 0.494 e. The number of carbonyl (C=O) groups is 4. The third kappa shape index (κ3) is 10.1. The van der Waals surface area contributed by atoms with Crippen molar-refractivity contribution < 1.29 is 47.6 Å². The van der Waals surface area contributed by atoms with Crippen LogP contribution in [-0.4, -0.2) is 44.2 Å². The average Bonchev–Trinajstić information content (AvgIpc) is 3.09. The molecule has 0 saturated heterocycles. The first kappa shape index (κ1) is 34.0. The van der Waals surface area contributed by atoms with Gasteiger partial charge in [-0.1, -0.05) is 25.3 Å². The first-order valence-electron chi connectivity index (χ1n) is 14.8. The van der Waals surface area contributed by atoms with Crippen molar-refractivity contribution in [3.05, 3.63) is 115 Å². The van der Waals surface area contributed by atoms with Crippen LogP contribution in [0.4, 0.5) is 0 Å². The molecule has 0 aliphatic rings. The Morgan fingerprint density at radius 2 is 1.17 bits per heavy atom. The van der Waals surface area contributed by atoms with E-state index < -0.39 is 23.9 Å². The normalized spacial score (nSPS) is 10.4. The molecular formula is C37H34O10. The van der Waals surface area contributed by atoms with E-state index in [4.69, 9.17) is 28.4 Å². The number of fused-ring (bicyclic) bond motifs is 1. The van der Waals surface area contributed by atoms with Gasteiger partial charge >= 0.3 is 23.9 Å². The van der Waals surface area contributed by atoms with Gasteiger partial charge in [0.05, 0.1) is 31.5 Å². The van der Waals surface area contributed by atoms with E-state index >= 15 is 0 Å². The fourth-order valence-corrected chi connectivity index (χ4v) is 4.36. The number of rotatable bonds is 16. The first-order valence-corrected chi connectivity index (χ1v) is 14.8. The van der Waals surface area contributed by atoms with Crippen molar-refractivity contribution in [1.29, 1.82) is 0 Å². The van der Waals surface area contributed by atoms with Crippen LogP contribution in [0.2, 0.25) is 0 Å². The van der Waals surface area contributed by atoms with Crippen LogP contribution in [0.1, 0.15) is 46.4 Å². The van der Waals surface area contributed by atoms with Gasteiger partial charge in [-0.2, -0.15) is 0 Å². The highest BCUT2D eigenvalue weighted by Gasteiger charge is 2.16. The molecule has 0 radical (unpaired) electrons. The van der Waals surface area contributed by atoms with Gasteiger partial charge in [0.2, 0.25) is 0 Å². The lowest BCUT2D eigenvalue weighted by atomic mass is 10.1. The Kier molecular flexibility index (Phi) is 12.3. The van der Waals surface area contributed by atoms with Gasteiger partial charge in [0.25, 0.3) is 0 Å². The summed E-state index contributed by atoms with van der Waals surface area (Å²) in [6.45, 7) is 7.63. The Balaban J connectivity index is 1.28. The molecule has 0 atom stereocenters. The summed E-state index contributed by atoms with van der Waals surface area (Å²) < 4.78 is 32.3. The minimum Gasteiger partial charge on any atom is -0.494 e. The highest BCUT2D eigenvalue weighted by atomic mass is 16.6. The van der Waals surface area contributed by atoms with E-state index in [-0.39, 0.29) is 17.2 Å². The number of methoxy groups -OCH3 is 1. The van der Waals surface area contributed by atoms with Crippen LogP contribution in [-0.2, 0) is 14.3 Å². The molecule has 0 unspecified atom stereocenters. The summed E-state index contributed by atoms with van der Waals surface area (Å²) in [6.07, 6.45) is 5.69. The van der Waals surface area contributed by atoms with Crippen LogP contribution >= 0.6 is 0 Å². The zero-order valence-corrected chi connectivity index (χ0v) is 25.9. The Labute approximate surface area is 272 Å². The summed E-state index contributed by atoms with van der Waals surface area (Å²) in [4.78, 5) is 48.2. The fourth-order valence-electron chi connectivity index (χ4n) is 4.36. The minimum atomic E-state index is -0.619. The van der Waals surface area contributed by atoms with Gasteiger partial charge in [0, 0.05) is 18.2 Å². The van der Waals surface area contributed by atoms with Crippen LogP contribution in [0.5, 0.6) is 28.7 Å². The number of benzene rings is 4. The molecule has 0 heterocycles. The number of hydrogen-bond acceptors (Lipinski definition) is 10. The topological polar surface area (TPSA) is 124 Å². The molecular weight excluding hydrogens is 604 g/mol. The molecule has 4 aromatic rings. The van der Waals surface area contributed by atoms with Gasteiger partial charge in [-0.05, 0) is 97.1 Å². The van der Waals surface area contributed by atoms with Crippen LogP contribution < -0.4 is 23.7 Å². The van der Waals surface area contributed by atoms with Gasteiger partial charge < -0.3 is 28.4 Å². The van der Waals surface area contributed by atoms with Crippen LogP contribution in [0.25, 0.3) is 10.8 Å². The SMILES string of the molecule is C=CC(=O)OCCCCCCOc1ccc(C(=O)Oc2ccc(OC(=O)c3ccc4cc(OC(=O)C=C)ccc4c3)c(OC)c2)cc1. The summed E-state index contributed by atoms with van der Waals surface area (Å²) >= 11 is 0. The van der Waals surface area contributed by atoms with Crippen molar-refractivity contribution in [2.75, 3.05) is 20.3 Å². The number of hydrogen-bond donors (Lipinski definition) is 0. The molecule has 0 aromatic heterocycles. The lowest BCUT2D eigenvalue weighted by Crippen LogP contribution is -2.10. The summed E-state index contributed by atoms with van der Waals surface area (Å²) in [5, 5.41) is 1.50. The molecule has 10 nitrogen and oxygen atoms in total. The molecule has 10 heteroatoms. The van der Waals surface area contributed by atoms with Crippen molar-refractivity contribution in [2.24, 2.45) is 0 Å². The van der Waals surface area contributed by atoms with Crippen LogP contribution in [0.15, 0.2) is 104 Å². The Morgan fingerprint density at radius 3 is 1.89 bits per heavy atom. The fraction of sp³-hybridized carbons (Fsp3) is 0.189. The third-order valence-corrected chi connectivity index (χ3v) is 6.79. The molecule has 0 saturated carbocycles. The molecule has 0 aliphatic heterocycles. The number of unbranched alkanes of at least 4 members (excludes halogenated alkanes) is 3. The standard InChI is InChI=1S/C37H34O10/c1-4-34(38)44-21-9-7-6-8-20-43-29-15-12-25(13-16-29)36(40)46-31-18-19-32(33(24-31)42-3)47-37(41)28-11-10-27-23-30(45-35(39)5-2)17-14-26(27)22-28/h4-5,10-19,22-24H,1-2,6-9,20-21H2,3H3. The Hall–Kier alpha value is -5.90. The van der Waals surface area contributed by atoms with E-state index in [1.165, 1.54) is 25.3 Å². The van der Waals surface area contributed by atoms with Gasteiger partial charge in [-0.25, -0.2) is 19.2 Å². The van der Waals surface area contributed by atoms with Gasteiger partial charge in [-0.3, -0.25) is 0 Å². The van der Waals surface area contributed by atoms with Gasteiger partial charge in [0.15, 0.2) is 11.5 Å². The van der Waals surface area contributed by atoms with Crippen molar-refractivity contribution in [1.82, 2.24) is 0 Å². The van der Waals surface area contributed by atoms with Crippen molar-refractivity contribution in [2.45, 2.75) is 25.7 Å². The van der Waals surface area contributed by atoms with E-state index in [1.807, 2.05) is 0 Å². The molecule has 0 fully saturated rings. The molecule has 4 aromatic carbocycles. The molecule has 4 rings (SSSR count). The maximum absolute atomic E-state index is 12.9. The highest BCUT2D eigenvalue weighted by molar-refractivity contribution is 5.97. The lowest BCUT2D eigenvalue weighted by Gasteiger charge is -2.12. The maximum atomic E-state index is 12.9. The summed E-state index contributed by atoms with van der Waals surface area (Å²) in [5.74, 6) is -0.669. The number of carbonyl (C=O) groups excluding carboxylic acids is 4. The van der Waals surface area contributed by atoms with Gasteiger partial charge in [-0.15, -0.1) is 0 Å². The van der Waals surface area contributed by atoms with E-state index in [0.717, 1.165) is 48.6 Å². The van der Waals surface area contributed by atoms with Crippen molar-refractivity contribution in [3.63, 3.8) is 0 Å². The predicted molar refractivity (Wildman–Crippen MR) is 174 cm³/mol. The average molecular weight is 639 g/mol. The lowest BCUT2D eigenvalue weighted by molar-refractivity contribution is -0.137. The molecule has 0 amide bonds. The molecule has 0 aliphatic carbocycles. The number of esters is 4. The minimum absolute atomic E-state index is 0.140. The summed E-state index contributed by atoms with van der Waals surface area (Å²) in [5.41, 5.74) is 0.616. The summed E-state index contributed by atoms with van der Waals surface area (Å²) in [7, 11) is 1.41. The first-order chi connectivity index (χ1) is 22.8. The van der Waals surface area contributed by atoms with Crippen molar-refractivity contribution >= 4 is 34.6 Å². The highest BCUT2D eigenvalue weighted by Crippen LogP contribution is 2.33. The number of ether oxygens (including phenoxy) is 6. The van der Waals surface area contributed by atoms with E-state index in [0.29, 0.717) is 35.8 Å². The zero-order chi connectivity index (χ0) is 33.6. The second-order valence-corrected chi connectivity index (χ2v) is 10.1. The van der Waals surface area contributed by atoms with Crippen LogP contribution in [0, 0.1) is 0 Å². The smallest absolute Gasteiger partial charge is 0.343 e. The van der Waals surface area contributed by atoms with Crippen LogP contribution in [0.3, 0.4) is 0 Å². The third-order valence-electron chi connectivity index (χ3n) is 6.79.